The molecule has 0 aliphatic rings. The number of aliphatic hydroxyl groups is 1. The van der Waals surface area contributed by atoms with Gasteiger partial charge in [-0.25, -0.2) is 0 Å². The van der Waals surface area contributed by atoms with E-state index in [0.29, 0.717) is 12.5 Å². The molecule has 1 aromatic heterocycles. The maximum Gasteiger partial charge on any atom is 0.0462 e. The summed E-state index contributed by atoms with van der Waals surface area (Å²) in [5, 5.41) is 11.1. The van der Waals surface area contributed by atoms with Crippen LogP contribution in [0.5, 0.6) is 0 Å². The molecule has 0 spiro atoms. The molecule has 12 heavy (non-hydrogen) atoms. The fourth-order valence-corrected chi connectivity index (χ4v) is 2.65. The van der Waals surface area contributed by atoms with Crippen molar-refractivity contribution in [3.05, 3.63) is 20.8 Å². The first-order valence-electron chi connectivity index (χ1n) is 4.10. The summed E-state index contributed by atoms with van der Waals surface area (Å²) in [5.41, 5.74) is 0. The molecule has 1 nitrogen and oxygen atoms in total. The summed E-state index contributed by atoms with van der Waals surface area (Å²) in [5.74, 6) is 0.426. The van der Waals surface area contributed by atoms with E-state index in [1.165, 1.54) is 4.88 Å². The van der Waals surface area contributed by atoms with Crippen LogP contribution in [-0.2, 0) is 6.42 Å². The predicted octanol–water partition coefficient (Wildman–Crippen LogP) is 3.07. The fraction of sp³-hybridized carbons (Fsp3) is 0.556. The Hall–Kier alpha value is 0.140. The molecule has 1 heterocycles. The molecule has 1 atom stereocenters. The maximum absolute atomic E-state index is 8.99. The second-order valence-corrected chi connectivity index (χ2v) is 4.80. The standard InChI is InChI=1S/C9H13BrOS/c1-2-7(5-11)3-9-4-8(10)6-12-9/h4,6-7,11H,2-3,5H2,1H3. The maximum atomic E-state index is 8.99. The van der Waals surface area contributed by atoms with Crippen LogP contribution in [-0.4, -0.2) is 11.7 Å². The largest absolute Gasteiger partial charge is 0.396 e. The van der Waals surface area contributed by atoms with Crippen molar-refractivity contribution in [3.8, 4) is 0 Å². The molecule has 0 aliphatic carbocycles. The van der Waals surface area contributed by atoms with Crippen LogP contribution in [0.3, 0.4) is 0 Å². The van der Waals surface area contributed by atoms with Gasteiger partial charge in [-0.15, -0.1) is 11.3 Å². The third kappa shape index (κ3) is 2.88. The highest BCUT2D eigenvalue weighted by Crippen LogP contribution is 2.23. The third-order valence-corrected chi connectivity index (χ3v) is 3.67. The zero-order valence-electron chi connectivity index (χ0n) is 7.09. The van der Waals surface area contributed by atoms with E-state index < -0.39 is 0 Å². The molecule has 0 radical (unpaired) electrons. The van der Waals surface area contributed by atoms with Crippen molar-refractivity contribution in [2.45, 2.75) is 19.8 Å². The van der Waals surface area contributed by atoms with Crippen LogP contribution in [0, 0.1) is 5.92 Å². The normalized spacial score (nSPS) is 13.2. The van der Waals surface area contributed by atoms with Crippen LogP contribution in [0.15, 0.2) is 15.9 Å². The third-order valence-electron chi connectivity index (χ3n) is 1.95. The van der Waals surface area contributed by atoms with Crippen LogP contribution in [0.4, 0.5) is 0 Å². The van der Waals surface area contributed by atoms with Gasteiger partial charge >= 0.3 is 0 Å². The van der Waals surface area contributed by atoms with Crippen molar-refractivity contribution in [1.82, 2.24) is 0 Å². The Labute approximate surface area is 85.6 Å². The van der Waals surface area contributed by atoms with E-state index in [2.05, 4.69) is 34.3 Å². The Morgan fingerprint density at radius 1 is 1.67 bits per heavy atom. The molecule has 0 saturated heterocycles. The minimum Gasteiger partial charge on any atom is -0.396 e. The van der Waals surface area contributed by atoms with Gasteiger partial charge in [0.1, 0.15) is 0 Å². The molecule has 1 unspecified atom stereocenters. The van der Waals surface area contributed by atoms with Crippen LogP contribution < -0.4 is 0 Å². The van der Waals surface area contributed by atoms with E-state index in [9.17, 15) is 0 Å². The lowest BCUT2D eigenvalue weighted by Gasteiger charge is -2.08. The smallest absolute Gasteiger partial charge is 0.0462 e. The summed E-state index contributed by atoms with van der Waals surface area (Å²) >= 11 is 5.16. The number of thiophene rings is 1. The van der Waals surface area contributed by atoms with Crippen LogP contribution in [0.1, 0.15) is 18.2 Å². The summed E-state index contributed by atoms with van der Waals surface area (Å²) in [4.78, 5) is 1.35. The SMILES string of the molecule is CCC(CO)Cc1cc(Br)cs1. The van der Waals surface area contributed by atoms with Gasteiger partial charge in [-0.3, -0.25) is 0 Å². The predicted molar refractivity (Wildman–Crippen MR) is 56.6 cm³/mol. The summed E-state index contributed by atoms with van der Waals surface area (Å²) < 4.78 is 1.15. The first-order valence-corrected chi connectivity index (χ1v) is 5.77. The van der Waals surface area contributed by atoms with Gasteiger partial charge in [0.25, 0.3) is 0 Å². The monoisotopic (exact) mass is 248 g/mol. The molecule has 0 bridgehead atoms. The molecule has 0 fully saturated rings. The molecular formula is C9H13BrOS. The Bertz CT molecular complexity index is 230. The number of hydrogen-bond acceptors (Lipinski definition) is 2. The average molecular weight is 249 g/mol. The van der Waals surface area contributed by atoms with E-state index in [0.717, 1.165) is 17.3 Å². The molecule has 1 aromatic rings. The number of hydrogen-bond donors (Lipinski definition) is 1. The van der Waals surface area contributed by atoms with E-state index in [4.69, 9.17) is 5.11 Å². The first kappa shape index (κ1) is 10.2. The molecule has 1 N–H and O–H groups in total. The van der Waals surface area contributed by atoms with Crippen molar-refractivity contribution >= 4 is 27.3 Å². The van der Waals surface area contributed by atoms with Crippen molar-refractivity contribution in [2.24, 2.45) is 5.92 Å². The van der Waals surface area contributed by atoms with E-state index in [-0.39, 0.29) is 0 Å². The summed E-state index contributed by atoms with van der Waals surface area (Å²) in [6.07, 6.45) is 2.05. The Morgan fingerprint density at radius 2 is 2.42 bits per heavy atom. The van der Waals surface area contributed by atoms with Gasteiger partial charge in [0, 0.05) is 21.3 Å². The highest BCUT2D eigenvalue weighted by molar-refractivity contribution is 9.10. The molecule has 0 aromatic carbocycles. The summed E-state index contributed by atoms with van der Waals surface area (Å²) in [6.45, 7) is 2.41. The number of rotatable bonds is 4. The van der Waals surface area contributed by atoms with Gasteiger partial charge in [0.2, 0.25) is 0 Å². The van der Waals surface area contributed by atoms with Crippen LogP contribution in [0.2, 0.25) is 0 Å². The Kier molecular flexibility index (Phi) is 4.26. The van der Waals surface area contributed by atoms with Crippen molar-refractivity contribution < 1.29 is 5.11 Å². The van der Waals surface area contributed by atoms with Gasteiger partial charge in [0.05, 0.1) is 0 Å². The zero-order chi connectivity index (χ0) is 8.97. The number of halogens is 1. The van der Waals surface area contributed by atoms with Crippen molar-refractivity contribution in [3.63, 3.8) is 0 Å². The quantitative estimate of drug-likeness (QED) is 0.869. The van der Waals surface area contributed by atoms with E-state index in [1.54, 1.807) is 11.3 Å². The summed E-state index contributed by atoms with van der Waals surface area (Å²) in [6, 6.07) is 2.13. The highest BCUT2D eigenvalue weighted by Gasteiger charge is 2.07. The number of aliphatic hydroxyl groups excluding tert-OH is 1. The van der Waals surface area contributed by atoms with Gasteiger partial charge < -0.3 is 5.11 Å². The molecule has 0 aliphatic heterocycles. The van der Waals surface area contributed by atoms with Gasteiger partial charge in [-0.2, -0.15) is 0 Å². The first-order chi connectivity index (χ1) is 5.76. The van der Waals surface area contributed by atoms with Crippen molar-refractivity contribution in [2.75, 3.05) is 6.61 Å². The second kappa shape index (κ2) is 5.00. The van der Waals surface area contributed by atoms with Gasteiger partial charge in [0.15, 0.2) is 0 Å². The van der Waals surface area contributed by atoms with Gasteiger partial charge in [-0.05, 0) is 34.3 Å². The lowest BCUT2D eigenvalue weighted by atomic mass is 10.0. The fourth-order valence-electron chi connectivity index (χ4n) is 1.08. The molecule has 0 saturated carbocycles. The Morgan fingerprint density at radius 3 is 2.83 bits per heavy atom. The van der Waals surface area contributed by atoms with Crippen LogP contribution in [0.25, 0.3) is 0 Å². The molecule has 0 amide bonds. The topological polar surface area (TPSA) is 20.2 Å². The highest BCUT2D eigenvalue weighted by atomic mass is 79.9. The molecular weight excluding hydrogens is 236 g/mol. The van der Waals surface area contributed by atoms with Crippen LogP contribution >= 0.6 is 27.3 Å². The molecule has 3 heteroatoms. The second-order valence-electron chi connectivity index (χ2n) is 2.89. The van der Waals surface area contributed by atoms with E-state index in [1.807, 2.05) is 0 Å². The average Bonchev–Trinajstić information content (AvgIpc) is 2.47. The minimum absolute atomic E-state index is 0.298. The zero-order valence-corrected chi connectivity index (χ0v) is 9.49. The van der Waals surface area contributed by atoms with Gasteiger partial charge in [-0.1, -0.05) is 13.3 Å². The Balaban J connectivity index is 2.50. The molecule has 68 valence electrons. The van der Waals surface area contributed by atoms with Crippen molar-refractivity contribution in [1.29, 1.82) is 0 Å². The minimum atomic E-state index is 0.298. The lowest BCUT2D eigenvalue weighted by Crippen LogP contribution is -2.06. The molecule has 1 rings (SSSR count). The lowest BCUT2D eigenvalue weighted by molar-refractivity contribution is 0.222. The summed E-state index contributed by atoms with van der Waals surface area (Å²) in [7, 11) is 0. The van der Waals surface area contributed by atoms with E-state index >= 15 is 0 Å².